The van der Waals surface area contributed by atoms with Crippen molar-refractivity contribution in [2.75, 3.05) is 31.1 Å². The summed E-state index contributed by atoms with van der Waals surface area (Å²) in [7, 11) is 0. The molecule has 5 aromatic rings. The van der Waals surface area contributed by atoms with Crippen LogP contribution in [0.25, 0.3) is 0 Å². The zero-order chi connectivity index (χ0) is 46.1. The van der Waals surface area contributed by atoms with E-state index in [-0.39, 0.29) is 71.2 Å². The van der Waals surface area contributed by atoms with Crippen molar-refractivity contribution in [2.24, 2.45) is 11.1 Å². The van der Waals surface area contributed by atoms with Gasteiger partial charge in [-0.3, -0.25) is 19.3 Å². The van der Waals surface area contributed by atoms with Gasteiger partial charge in [-0.15, -0.1) is 11.8 Å². The van der Waals surface area contributed by atoms with Gasteiger partial charge < -0.3 is 39.0 Å². The first kappa shape index (κ1) is 43.9. The van der Waals surface area contributed by atoms with E-state index in [0.717, 1.165) is 28.2 Å². The molecule has 0 saturated carbocycles. The Balaban J connectivity index is 0.922. The van der Waals surface area contributed by atoms with Crippen LogP contribution in [0, 0.1) is 12.8 Å². The molecule has 66 heavy (non-hydrogen) atoms. The molecule has 18 nitrogen and oxygen atoms in total. The van der Waals surface area contributed by atoms with Crippen molar-refractivity contribution in [1.29, 1.82) is 0 Å². The lowest BCUT2D eigenvalue weighted by Gasteiger charge is -2.49. The largest absolute Gasteiger partial charge is 0.519 e. The van der Waals surface area contributed by atoms with Crippen LogP contribution in [0.15, 0.2) is 133 Å². The number of nitrogens with two attached hydrogens (primary N) is 1. The molecule has 4 aliphatic rings. The highest BCUT2D eigenvalue weighted by Gasteiger charge is 2.54. The highest BCUT2D eigenvalue weighted by atomic mass is 32.2. The number of nitrogens with zero attached hydrogens (tertiary/aromatic N) is 6. The number of aliphatic carboxylic acids is 1. The van der Waals surface area contributed by atoms with E-state index in [1.54, 1.807) is 11.0 Å². The SMILES string of the molecule is Cc1oc(=O)oc1COC(=O)N1CC[C@@H](N2CC/C(=C\C3=C(C(=O)O)N4C(=O)[C@@H](CC(=O)/C(=N\OC(c5ccccc5)(c5ccccc5)c5ccccc5)c5nsc(N)n5)[C@H]4SC3)C2=O)C1. The van der Waals surface area contributed by atoms with Crippen molar-refractivity contribution >= 4 is 63.8 Å². The lowest BCUT2D eigenvalue weighted by Crippen LogP contribution is -2.62. The lowest BCUT2D eigenvalue weighted by molar-refractivity contribution is -0.153. The van der Waals surface area contributed by atoms with Crippen molar-refractivity contribution in [3.05, 3.63) is 159 Å². The van der Waals surface area contributed by atoms with E-state index in [1.165, 1.54) is 28.5 Å². The minimum absolute atomic E-state index is 0.0808. The number of aromatic nitrogens is 2. The van der Waals surface area contributed by atoms with Gasteiger partial charge in [0.2, 0.25) is 23.2 Å². The Morgan fingerprint density at radius 1 is 0.955 bits per heavy atom. The first-order chi connectivity index (χ1) is 31.9. The number of Topliss-reactive ketones (excluding diaryl/α,β-unsaturated/α-hetero) is 1. The van der Waals surface area contributed by atoms with Crippen molar-refractivity contribution in [3.63, 3.8) is 0 Å². The van der Waals surface area contributed by atoms with Crippen LogP contribution in [-0.2, 0) is 41.0 Å². The molecule has 0 unspecified atom stereocenters. The number of fused-ring (bicyclic) bond motifs is 1. The van der Waals surface area contributed by atoms with Gasteiger partial charge in [0.1, 0.15) is 5.70 Å². The Hall–Kier alpha value is -7.32. The number of carboxylic acids is 1. The second kappa shape index (κ2) is 18.3. The monoisotopic (exact) mass is 931 g/mol. The third-order valence-electron chi connectivity index (χ3n) is 12.0. The summed E-state index contributed by atoms with van der Waals surface area (Å²) >= 11 is 2.16. The number of hydrogen-bond donors (Lipinski definition) is 2. The number of allylic oxidation sites excluding steroid dienone is 1. The number of carbonyl (C=O) groups excluding carboxylic acids is 4. The minimum Gasteiger partial charge on any atom is -0.477 e. The molecular formula is C46H41N7O11S2. The number of likely N-dealkylation sites (tertiary alicyclic amines) is 2. The van der Waals surface area contributed by atoms with Crippen molar-refractivity contribution in [1.82, 2.24) is 24.1 Å². The quantitative estimate of drug-likeness (QED) is 0.0485. The molecule has 0 aliphatic carbocycles. The molecule has 3 fully saturated rings. The number of thioether (sulfide) groups is 1. The van der Waals surface area contributed by atoms with Gasteiger partial charge in [0.15, 0.2) is 34.8 Å². The molecule has 3 N–H and O–H groups in total. The number of β-lactam (4-membered cyclic amide) rings is 1. The second-order valence-electron chi connectivity index (χ2n) is 15.9. The van der Waals surface area contributed by atoms with Gasteiger partial charge in [-0.1, -0.05) is 96.2 Å². The zero-order valence-electron chi connectivity index (χ0n) is 35.2. The van der Waals surface area contributed by atoms with E-state index in [2.05, 4.69) is 14.5 Å². The van der Waals surface area contributed by atoms with Crippen LogP contribution in [0.3, 0.4) is 0 Å². The summed E-state index contributed by atoms with van der Waals surface area (Å²) in [5, 5.41) is 14.4. The molecule has 9 rings (SSSR count). The average Bonchev–Trinajstić information content (AvgIpc) is 4.14. The van der Waals surface area contributed by atoms with Gasteiger partial charge in [0, 0.05) is 65.6 Å². The Bertz CT molecular complexity index is 2760. The standard InChI is InChI=1S/C46H41N7O11S2/c1-26-35(63-45(60)62-26)24-61-44(59)51-19-18-32(23-51)52-20-17-27(39(52)55)21-28-25-65-41-33(40(56)53(41)37(28)42(57)58)22-34(54)36(38-48-43(47)66-50-38)49-64-46(29-11-5-2-6-12-29,30-13-7-3-8-14-30)31-15-9-4-10-16-31/h2-16,21,32-33,41H,17-20,22-25H2,1H3,(H,57,58)(H2,47,48,50)/b27-21+,49-36+/t32-,33-,41-/m1/s1. The van der Waals surface area contributed by atoms with E-state index in [1.807, 2.05) is 91.0 Å². The number of hydrogen-bond acceptors (Lipinski definition) is 16. The van der Waals surface area contributed by atoms with Crippen molar-refractivity contribution in [2.45, 2.75) is 49.8 Å². The third-order valence-corrected chi connectivity index (χ3v) is 13.9. The molecular weight excluding hydrogens is 891 g/mol. The molecule has 6 heterocycles. The maximum absolute atomic E-state index is 14.4. The predicted octanol–water partition coefficient (Wildman–Crippen LogP) is 5.09. The fraction of sp³-hybridized carbons (Fsp3) is 0.283. The summed E-state index contributed by atoms with van der Waals surface area (Å²) in [6, 6.07) is 28.0. The van der Waals surface area contributed by atoms with Crippen LogP contribution in [0.2, 0.25) is 0 Å². The highest BCUT2D eigenvalue weighted by Crippen LogP contribution is 2.46. The molecule has 0 radical (unpaired) electrons. The molecule has 0 bridgehead atoms. The van der Waals surface area contributed by atoms with Gasteiger partial charge in [-0.05, 0) is 31.4 Å². The Morgan fingerprint density at radius 2 is 1.61 bits per heavy atom. The smallest absolute Gasteiger partial charge is 0.477 e. The minimum atomic E-state index is -1.35. The Morgan fingerprint density at radius 3 is 2.18 bits per heavy atom. The molecule has 338 valence electrons. The second-order valence-corrected chi connectivity index (χ2v) is 17.8. The number of ether oxygens (including phenoxy) is 1. The van der Waals surface area contributed by atoms with Gasteiger partial charge in [0.05, 0.1) is 17.3 Å². The maximum Gasteiger partial charge on any atom is 0.519 e. The van der Waals surface area contributed by atoms with E-state index < -0.39 is 46.5 Å². The Kier molecular flexibility index (Phi) is 12.2. The maximum atomic E-state index is 14.4. The number of carbonyl (C=O) groups is 5. The number of benzene rings is 3. The van der Waals surface area contributed by atoms with Crippen LogP contribution in [0.5, 0.6) is 0 Å². The molecule has 3 amide bonds. The van der Waals surface area contributed by atoms with E-state index in [0.29, 0.717) is 37.1 Å². The van der Waals surface area contributed by atoms with Gasteiger partial charge in [0.25, 0.3) is 0 Å². The van der Waals surface area contributed by atoms with E-state index in [9.17, 15) is 33.9 Å². The molecule has 4 aliphatic heterocycles. The summed E-state index contributed by atoms with van der Waals surface area (Å²) in [6.07, 6.45) is 1.38. The average molecular weight is 932 g/mol. The van der Waals surface area contributed by atoms with E-state index >= 15 is 0 Å². The number of anilines is 1. The van der Waals surface area contributed by atoms with Crippen LogP contribution >= 0.6 is 23.3 Å². The highest BCUT2D eigenvalue weighted by molar-refractivity contribution is 8.00. The first-order valence-electron chi connectivity index (χ1n) is 20.9. The first-order valence-corrected chi connectivity index (χ1v) is 22.7. The van der Waals surface area contributed by atoms with Crippen molar-refractivity contribution in [3.8, 4) is 0 Å². The van der Waals surface area contributed by atoms with Crippen molar-refractivity contribution < 1.29 is 47.5 Å². The molecule has 0 spiro atoms. The molecule has 3 aromatic carbocycles. The van der Waals surface area contributed by atoms with Crippen LogP contribution < -0.4 is 11.6 Å². The number of rotatable bonds is 14. The predicted molar refractivity (Wildman–Crippen MR) is 239 cm³/mol. The van der Waals surface area contributed by atoms with Gasteiger partial charge in [-0.25, -0.2) is 14.4 Å². The molecule has 2 aromatic heterocycles. The fourth-order valence-electron chi connectivity index (χ4n) is 8.74. The van der Waals surface area contributed by atoms with Gasteiger partial charge in [-0.2, -0.15) is 9.36 Å². The summed E-state index contributed by atoms with van der Waals surface area (Å²) in [5.74, 6) is -4.26. The molecule has 20 heteroatoms. The number of amides is 3. The number of nitrogen functional groups attached to an aromatic ring is 1. The topological polar surface area (TPSA) is 241 Å². The number of ketones is 1. The van der Waals surface area contributed by atoms with Gasteiger partial charge >= 0.3 is 17.9 Å². The normalized spacial score (nSPS) is 20.4. The van der Waals surface area contributed by atoms with E-state index in [4.69, 9.17) is 24.1 Å². The third kappa shape index (κ3) is 8.28. The summed E-state index contributed by atoms with van der Waals surface area (Å²) < 4.78 is 19.3. The van der Waals surface area contributed by atoms with Crippen LogP contribution in [0.1, 0.15) is 53.3 Å². The fourth-order valence-corrected chi connectivity index (χ4v) is 10.5. The van der Waals surface area contributed by atoms with Crippen LogP contribution in [-0.4, -0.2) is 101 Å². The number of aryl methyl sites for hydroxylation is 1. The summed E-state index contributed by atoms with van der Waals surface area (Å²) in [4.78, 5) is 94.3. The molecule has 3 atom stereocenters. The number of carboxylic acid groups (broad SMARTS) is 1. The zero-order valence-corrected chi connectivity index (χ0v) is 36.9. The lowest BCUT2D eigenvalue weighted by atomic mass is 9.80. The molecule has 3 saturated heterocycles. The van der Waals surface area contributed by atoms with Crippen LogP contribution in [0.4, 0.5) is 9.93 Å². The Labute approximate surface area is 384 Å². The number of oxime groups is 1. The summed E-state index contributed by atoms with van der Waals surface area (Å²) in [6.45, 7) is 2.13. The summed E-state index contributed by atoms with van der Waals surface area (Å²) in [5.41, 5.74) is 6.95.